The monoisotopic (exact) mass is 190 g/mol. The molecule has 0 spiro atoms. The van der Waals surface area contributed by atoms with Gasteiger partial charge in [-0.3, -0.25) is 0 Å². The Kier molecular flexibility index (Phi) is 4.20. The smallest absolute Gasteiger partial charge is 0.450 e. The molecule has 2 N–H and O–H groups in total. The summed E-state index contributed by atoms with van der Waals surface area (Å²) in [4.78, 5) is 10.1. The zero-order valence-corrected chi connectivity index (χ0v) is 8.57. The first kappa shape index (κ1) is 12.2. The predicted molar refractivity (Wildman–Crippen MR) is 48.6 cm³/mol. The van der Waals surface area contributed by atoms with E-state index in [1.165, 1.54) is 0 Å². The molecule has 0 aromatic heterocycles. The van der Waals surface area contributed by atoms with Gasteiger partial charge in [0.1, 0.15) is 6.61 Å². The van der Waals surface area contributed by atoms with E-state index < -0.39 is 17.7 Å². The third kappa shape index (κ3) is 4.12. The highest BCUT2D eigenvalue weighted by Crippen LogP contribution is 2.26. The molecule has 0 rings (SSSR count). The van der Waals surface area contributed by atoms with Crippen molar-refractivity contribution in [1.29, 1.82) is 0 Å². The van der Waals surface area contributed by atoms with Crippen LogP contribution < -0.4 is 0 Å². The van der Waals surface area contributed by atoms with Gasteiger partial charge in [0.05, 0.1) is 6.10 Å². The first-order valence-electron chi connectivity index (χ1n) is 4.31. The summed E-state index contributed by atoms with van der Waals surface area (Å²) in [7, 11) is 0. The molecule has 0 aliphatic carbocycles. The lowest BCUT2D eigenvalue weighted by Crippen LogP contribution is -2.38. The molecule has 0 radical (unpaired) electrons. The molecule has 0 saturated carbocycles. The molecular weight excluding hydrogens is 172 g/mol. The van der Waals surface area contributed by atoms with Crippen molar-refractivity contribution in [1.82, 2.24) is 0 Å². The SMILES string of the molecule is CC(C)C(O)C(C)(C)COC(=O)O. The maximum Gasteiger partial charge on any atom is 0.505 e. The predicted octanol–water partition coefficient (Wildman–Crippen LogP) is 1.72. The summed E-state index contributed by atoms with van der Waals surface area (Å²) in [6, 6.07) is 0. The lowest BCUT2D eigenvalue weighted by molar-refractivity contribution is -0.0341. The Balaban J connectivity index is 4.13. The Labute approximate surface area is 78.5 Å². The fourth-order valence-corrected chi connectivity index (χ4v) is 1.24. The van der Waals surface area contributed by atoms with E-state index in [-0.39, 0.29) is 12.5 Å². The van der Waals surface area contributed by atoms with Crippen molar-refractivity contribution < 1.29 is 19.7 Å². The normalized spacial score (nSPS) is 14.3. The van der Waals surface area contributed by atoms with Gasteiger partial charge in [-0.05, 0) is 5.92 Å². The Morgan fingerprint density at radius 3 is 2.23 bits per heavy atom. The van der Waals surface area contributed by atoms with Gasteiger partial charge in [-0.1, -0.05) is 27.7 Å². The molecule has 1 unspecified atom stereocenters. The van der Waals surface area contributed by atoms with Crippen LogP contribution in [0.3, 0.4) is 0 Å². The van der Waals surface area contributed by atoms with Crippen molar-refractivity contribution >= 4 is 6.16 Å². The molecule has 4 heteroatoms. The van der Waals surface area contributed by atoms with Crippen LogP contribution in [0.5, 0.6) is 0 Å². The second-order valence-corrected chi connectivity index (χ2v) is 4.23. The summed E-state index contributed by atoms with van der Waals surface area (Å²) in [5.74, 6) is 0.0902. The second kappa shape index (κ2) is 4.46. The standard InChI is InChI=1S/C9H18O4/c1-6(2)7(10)9(3,4)5-13-8(11)12/h6-7,10H,5H2,1-4H3,(H,11,12). The third-order valence-electron chi connectivity index (χ3n) is 2.00. The quantitative estimate of drug-likeness (QED) is 0.662. The fraction of sp³-hybridized carbons (Fsp3) is 0.889. The molecule has 0 amide bonds. The molecule has 0 saturated heterocycles. The molecule has 13 heavy (non-hydrogen) atoms. The molecule has 0 aliphatic rings. The maximum absolute atomic E-state index is 10.1. The summed E-state index contributed by atoms with van der Waals surface area (Å²) in [5, 5.41) is 18.0. The number of carbonyl (C=O) groups is 1. The van der Waals surface area contributed by atoms with Crippen LogP contribution in [-0.2, 0) is 4.74 Å². The van der Waals surface area contributed by atoms with E-state index in [1.807, 2.05) is 13.8 Å². The van der Waals surface area contributed by atoms with Crippen LogP contribution in [0, 0.1) is 11.3 Å². The van der Waals surface area contributed by atoms with Crippen molar-refractivity contribution in [2.75, 3.05) is 6.61 Å². The Morgan fingerprint density at radius 1 is 1.46 bits per heavy atom. The van der Waals surface area contributed by atoms with E-state index in [1.54, 1.807) is 13.8 Å². The largest absolute Gasteiger partial charge is 0.505 e. The van der Waals surface area contributed by atoms with E-state index in [9.17, 15) is 9.90 Å². The van der Waals surface area contributed by atoms with Crippen molar-refractivity contribution in [3.8, 4) is 0 Å². The minimum Gasteiger partial charge on any atom is -0.450 e. The number of carboxylic acid groups (broad SMARTS) is 1. The Bertz CT molecular complexity index is 174. The summed E-state index contributed by atoms with van der Waals surface area (Å²) in [5.41, 5.74) is -0.535. The van der Waals surface area contributed by atoms with E-state index >= 15 is 0 Å². The lowest BCUT2D eigenvalue weighted by Gasteiger charge is -2.31. The minimum absolute atomic E-state index is 0.0156. The van der Waals surface area contributed by atoms with Crippen LogP contribution in [0.25, 0.3) is 0 Å². The van der Waals surface area contributed by atoms with Crippen LogP contribution in [-0.4, -0.2) is 29.1 Å². The van der Waals surface area contributed by atoms with Crippen molar-refractivity contribution in [3.63, 3.8) is 0 Å². The molecule has 4 nitrogen and oxygen atoms in total. The van der Waals surface area contributed by atoms with Crippen LogP contribution in [0.2, 0.25) is 0 Å². The summed E-state index contributed by atoms with van der Waals surface area (Å²) in [6.07, 6.45) is -1.86. The molecular formula is C9H18O4. The highest BCUT2D eigenvalue weighted by Gasteiger charge is 2.31. The first-order valence-corrected chi connectivity index (χ1v) is 4.31. The average Bonchev–Trinajstić information content (AvgIpc) is 1.99. The van der Waals surface area contributed by atoms with Gasteiger partial charge in [-0.15, -0.1) is 0 Å². The van der Waals surface area contributed by atoms with Gasteiger partial charge in [0.2, 0.25) is 0 Å². The zero-order chi connectivity index (χ0) is 10.6. The molecule has 0 aliphatic heterocycles. The summed E-state index contributed by atoms with van der Waals surface area (Å²) < 4.78 is 4.43. The van der Waals surface area contributed by atoms with E-state index in [4.69, 9.17) is 5.11 Å². The number of hydrogen-bond acceptors (Lipinski definition) is 3. The van der Waals surface area contributed by atoms with Crippen LogP contribution in [0.1, 0.15) is 27.7 Å². The minimum atomic E-state index is -1.30. The van der Waals surface area contributed by atoms with Gasteiger partial charge >= 0.3 is 6.16 Å². The highest BCUT2D eigenvalue weighted by molar-refractivity contribution is 5.56. The zero-order valence-electron chi connectivity index (χ0n) is 8.57. The van der Waals surface area contributed by atoms with Crippen molar-refractivity contribution in [3.05, 3.63) is 0 Å². The second-order valence-electron chi connectivity index (χ2n) is 4.23. The Hall–Kier alpha value is -0.770. The third-order valence-corrected chi connectivity index (χ3v) is 2.00. The number of hydrogen-bond donors (Lipinski definition) is 2. The molecule has 0 bridgehead atoms. The number of ether oxygens (including phenoxy) is 1. The van der Waals surface area contributed by atoms with Crippen molar-refractivity contribution in [2.45, 2.75) is 33.8 Å². The number of aliphatic hydroxyl groups is 1. The molecule has 0 heterocycles. The average molecular weight is 190 g/mol. The maximum atomic E-state index is 10.1. The van der Waals surface area contributed by atoms with Crippen LogP contribution >= 0.6 is 0 Å². The molecule has 0 fully saturated rings. The molecule has 1 atom stereocenters. The van der Waals surface area contributed by atoms with Gasteiger partial charge in [0.25, 0.3) is 0 Å². The fourth-order valence-electron chi connectivity index (χ4n) is 1.24. The summed E-state index contributed by atoms with van der Waals surface area (Å²) in [6.45, 7) is 7.34. The number of rotatable bonds is 4. The van der Waals surface area contributed by atoms with Gasteiger partial charge in [-0.2, -0.15) is 0 Å². The van der Waals surface area contributed by atoms with Crippen LogP contribution in [0.15, 0.2) is 0 Å². The van der Waals surface area contributed by atoms with E-state index in [2.05, 4.69) is 4.74 Å². The van der Waals surface area contributed by atoms with E-state index in [0.717, 1.165) is 0 Å². The molecule has 0 aromatic carbocycles. The van der Waals surface area contributed by atoms with Crippen molar-refractivity contribution in [2.24, 2.45) is 11.3 Å². The molecule has 78 valence electrons. The first-order chi connectivity index (χ1) is 5.77. The Morgan fingerprint density at radius 2 is 1.92 bits per heavy atom. The van der Waals surface area contributed by atoms with Crippen LogP contribution in [0.4, 0.5) is 4.79 Å². The number of aliphatic hydroxyl groups excluding tert-OH is 1. The topological polar surface area (TPSA) is 66.8 Å². The lowest BCUT2D eigenvalue weighted by atomic mass is 9.81. The van der Waals surface area contributed by atoms with Gasteiger partial charge in [-0.25, -0.2) is 4.79 Å². The molecule has 0 aromatic rings. The van der Waals surface area contributed by atoms with Gasteiger partial charge in [0.15, 0.2) is 0 Å². The van der Waals surface area contributed by atoms with E-state index in [0.29, 0.717) is 0 Å². The van der Waals surface area contributed by atoms with Gasteiger partial charge < -0.3 is 14.9 Å². The highest BCUT2D eigenvalue weighted by atomic mass is 16.7. The van der Waals surface area contributed by atoms with Gasteiger partial charge in [0, 0.05) is 5.41 Å². The summed E-state index contributed by atoms with van der Waals surface area (Å²) >= 11 is 0.